The summed E-state index contributed by atoms with van der Waals surface area (Å²) in [5.74, 6) is 0.584. The molecule has 1 atom stereocenters. The van der Waals surface area contributed by atoms with Gasteiger partial charge in [0.1, 0.15) is 36.3 Å². The number of nitrogens with one attached hydrogen (secondary N) is 3. The SMILES string of the molecule is C=CC(=O)N[C@@H](C)C(=O)Nc1cc2c(Nc3ccc(OCc4ccccn4)c(Cl)c3)ncnc2cc1OCCCN1CCOCC1. The van der Waals surface area contributed by atoms with Crippen molar-refractivity contribution >= 4 is 51.5 Å². The number of anilines is 3. The third-order valence-electron chi connectivity index (χ3n) is 7.21. The number of hydrogen-bond acceptors (Lipinski definition) is 10. The van der Waals surface area contributed by atoms with Gasteiger partial charge in [-0.2, -0.15) is 0 Å². The van der Waals surface area contributed by atoms with E-state index in [0.29, 0.717) is 51.2 Å². The summed E-state index contributed by atoms with van der Waals surface area (Å²) in [6.45, 7) is 9.86. The molecule has 4 aromatic rings. The molecule has 46 heavy (non-hydrogen) atoms. The molecule has 3 heterocycles. The van der Waals surface area contributed by atoms with Crippen LogP contribution in [0.1, 0.15) is 19.0 Å². The number of ether oxygens (including phenoxy) is 3. The molecule has 12 nitrogen and oxygen atoms in total. The van der Waals surface area contributed by atoms with Gasteiger partial charge in [0.15, 0.2) is 0 Å². The topological polar surface area (TPSA) is 140 Å². The highest BCUT2D eigenvalue weighted by atomic mass is 35.5. The van der Waals surface area contributed by atoms with Crippen molar-refractivity contribution in [2.24, 2.45) is 0 Å². The Hall–Kier alpha value is -4.78. The first-order chi connectivity index (χ1) is 22.4. The summed E-state index contributed by atoms with van der Waals surface area (Å²) < 4.78 is 17.4. The van der Waals surface area contributed by atoms with Crippen molar-refractivity contribution in [2.45, 2.75) is 26.0 Å². The van der Waals surface area contributed by atoms with E-state index >= 15 is 0 Å². The van der Waals surface area contributed by atoms with Crippen LogP contribution in [-0.4, -0.2) is 77.2 Å². The van der Waals surface area contributed by atoms with E-state index < -0.39 is 17.9 Å². The largest absolute Gasteiger partial charge is 0.491 e. The van der Waals surface area contributed by atoms with E-state index in [9.17, 15) is 9.59 Å². The average Bonchev–Trinajstić information content (AvgIpc) is 3.07. The van der Waals surface area contributed by atoms with Gasteiger partial charge in [0.05, 0.1) is 41.7 Å². The Morgan fingerprint density at radius 2 is 1.93 bits per heavy atom. The van der Waals surface area contributed by atoms with Crippen molar-refractivity contribution in [2.75, 3.05) is 50.1 Å². The Labute approximate surface area is 272 Å². The van der Waals surface area contributed by atoms with Crippen LogP contribution < -0.4 is 25.4 Å². The van der Waals surface area contributed by atoms with Crippen molar-refractivity contribution in [1.82, 2.24) is 25.2 Å². The molecule has 0 radical (unpaired) electrons. The predicted octanol–water partition coefficient (Wildman–Crippen LogP) is 4.73. The highest BCUT2D eigenvalue weighted by molar-refractivity contribution is 6.32. The third-order valence-corrected chi connectivity index (χ3v) is 7.50. The number of aromatic nitrogens is 3. The third kappa shape index (κ3) is 8.90. The number of rotatable bonds is 14. The minimum Gasteiger partial charge on any atom is -0.491 e. The smallest absolute Gasteiger partial charge is 0.246 e. The van der Waals surface area contributed by atoms with E-state index in [4.69, 9.17) is 25.8 Å². The molecule has 1 aliphatic heterocycles. The number of carbonyl (C=O) groups excluding carboxylic acids is 2. The van der Waals surface area contributed by atoms with E-state index in [-0.39, 0.29) is 6.61 Å². The molecule has 2 amide bonds. The lowest BCUT2D eigenvalue weighted by atomic mass is 10.1. The average molecular weight is 646 g/mol. The number of pyridine rings is 1. The van der Waals surface area contributed by atoms with Crippen LogP contribution >= 0.6 is 11.6 Å². The second kappa shape index (κ2) is 16.0. The van der Waals surface area contributed by atoms with E-state index in [1.807, 2.05) is 24.3 Å². The van der Waals surface area contributed by atoms with E-state index in [1.165, 1.54) is 6.33 Å². The quantitative estimate of drug-likeness (QED) is 0.130. The van der Waals surface area contributed by atoms with Gasteiger partial charge in [0, 0.05) is 43.0 Å². The second-order valence-electron chi connectivity index (χ2n) is 10.5. The van der Waals surface area contributed by atoms with Crippen LogP contribution in [0.3, 0.4) is 0 Å². The molecule has 3 N–H and O–H groups in total. The molecule has 1 saturated heterocycles. The molecule has 5 rings (SSSR count). The van der Waals surface area contributed by atoms with Gasteiger partial charge >= 0.3 is 0 Å². The maximum atomic E-state index is 13.1. The number of morpholine rings is 1. The number of hydrogen-bond donors (Lipinski definition) is 3. The van der Waals surface area contributed by atoms with Gasteiger partial charge in [-0.25, -0.2) is 9.97 Å². The first-order valence-corrected chi connectivity index (χ1v) is 15.3. The van der Waals surface area contributed by atoms with Crippen molar-refractivity contribution in [3.8, 4) is 11.5 Å². The molecule has 1 aliphatic rings. The number of fused-ring (bicyclic) bond motifs is 1. The first-order valence-electron chi connectivity index (χ1n) is 14.9. The molecule has 0 bridgehead atoms. The van der Waals surface area contributed by atoms with Crippen molar-refractivity contribution < 1.29 is 23.8 Å². The van der Waals surface area contributed by atoms with Crippen molar-refractivity contribution in [1.29, 1.82) is 0 Å². The van der Waals surface area contributed by atoms with Gasteiger partial charge < -0.3 is 30.2 Å². The van der Waals surface area contributed by atoms with E-state index in [0.717, 1.165) is 51.0 Å². The number of halogens is 1. The summed E-state index contributed by atoms with van der Waals surface area (Å²) in [5.41, 5.74) is 2.48. The highest BCUT2D eigenvalue weighted by Gasteiger charge is 2.19. The fourth-order valence-electron chi connectivity index (χ4n) is 4.74. The maximum Gasteiger partial charge on any atom is 0.246 e. The van der Waals surface area contributed by atoms with Crippen LogP contribution in [-0.2, 0) is 20.9 Å². The maximum absolute atomic E-state index is 13.1. The summed E-state index contributed by atoms with van der Waals surface area (Å²) in [6.07, 6.45) is 5.06. The van der Waals surface area contributed by atoms with Crippen LogP contribution in [0.2, 0.25) is 5.02 Å². The molecule has 0 saturated carbocycles. The van der Waals surface area contributed by atoms with Gasteiger partial charge in [-0.1, -0.05) is 24.2 Å². The monoisotopic (exact) mass is 645 g/mol. The van der Waals surface area contributed by atoms with Gasteiger partial charge in [-0.3, -0.25) is 19.5 Å². The predicted molar refractivity (Wildman–Crippen MR) is 177 cm³/mol. The zero-order valence-corrected chi connectivity index (χ0v) is 26.3. The van der Waals surface area contributed by atoms with Gasteiger partial charge in [-0.15, -0.1) is 0 Å². The summed E-state index contributed by atoms with van der Waals surface area (Å²) in [7, 11) is 0. The Balaban J connectivity index is 1.35. The highest BCUT2D eigenvalue weighted by Crippen LogP contribution is 2.35. The molecule has 1 fully saturated rings. The number of nitrogens with zero attached hydrogens (tertiary/aromatic N) is 4. The fraction of sp³-hybridized carbons (Fsp3) is 0.303. The molecule has 0 unspecified atom stereocenters. The standard InChI is InChI=1S/C33H36ClN7O5/c1-3-31(42)38-22(2)33(43)40-28-18-25-27(19-30(28)45-14-6-11-41-12-15-44-16-13-41)36-21-37-32(25)39-23-8-9-29(26(34)17-23)46-20-24-7-4-5-10-35-24/h3-5,7-10,17-19,21-22H,1,6,11-16,20H2,2H3,(H,38,42)(H,40,43)(H,36,37,39)/t22-/m0/s1. The zero-order valence-electron chi connectivity index (χ0n) is 25.5. The number of carbonyl (C=O) groups is 2. The van der Waals surface area contributed by atoms with Crippen LogP contribution in [0, 0.1) is 0 Å². The van der Waals surface area contributed by atoms with E-state index in [1.54, 1.807) is 37.4 Å². The lowest BCUT2D eigenvalue weighted by Crippen LogP contribution is -2.40. The normalized spacial score (nSPS) is 13.9. The zero-order chi connectivity index (χ0) is 32.3. The second-order valence-corrected chi connectivity index (χ2v) is 11.0. The summed E-state index contributed by atoms with van der Waals surface area (Å²) in [5, 5.41) is 9.81. The molecular formula is C33H36ClN7O5. The molecule has 240 valence electrons. The first kappa shape index (κ1) is 32.6. The van der Waals surface area contributed by atoms with Gasteiger partial charge in [0.25, 0.3) is 0 Å². The van der Waals surface area contributed by atoms with Crippen molar-refractivity contribution in [3.63, 3.8) is 0 Å². The van der Waals surface area contributed by atoms with Crippen LogP contribution in [0.25, 0.3) is 10.9 Å². The lowest BCUT2D eigenvalue weighted by Gasteiger charge is -2.26. The van der Waals surface area contributed by atoms with Crippen molar-refractivity contribution in [3.05, 3.63) is 84.4 Å². The van der Waals surface area contributed by atoms with E-state index in [2.05, 4.69) is 42.4 Å². The molecule has 13 heteroatoms. The van der Waals surface area contributed by atoms with Crippen LogP contribution in [0.5, 0.6) is 11.5 Å². The minimum atomic E-state index is -0.819. The molecular weight excluding hydrogens is 610 g/mol. The van der Waals surface area contributed by atoms with Gasteiger partial charge in [0.2, 0.25) is 11.8 Å². The molecule has 2 aromatic heterocycles. The van der Waals surface area contributed by atoms with Crippen LogP contribution in [0.15, 0.2) is 73.7 Å². The summed E-state index contributed by atoms with van der Waals surface area (Å²) in [4.78, 5) is 40.4. The molecule has 2 aromatic carbocycles. The minimum absolute atomic E-state index is 0.284. The van der Waals surface area contributed by atoms with Crippen LogP contribution in [0.4, 0.5) is 17.2 Å². The Morgan fingerprint density at radius 3 is 2.70 bits per heavy atom. The lowest BCUT2D eigenvalue weighted by molar-refractivity contribution is -0.123. The number of amides is 2. The Kier molecular flexibility index (Phi) is 11.3. The molecule has 0 spiro atoms. The fourth-order valence-corrected chi connectivity index (χ4v) is 4.98. The number of benzene rings is 2. The Morgan fingerprint density at radius 1 is 1.09 bits per heavy atom. The summed E-state index contributed by atoms with van der Waals surface area (Å²) >= 11 is 6.54. The Bertz CT molecular complexity index is 1670. The molecule has 0 aliphatic carbocycles. The van der Waals surface area contributed by atoms with Gasteiger partial charge in [-0.05, 0) is 55.8 Å². The summed E-state index contributed by atoms with van der Waals surface area (Å²) in [6, 6.07) is 13.6.